The van der Waals surface area contributed by atoms with Gasteiger partial charge in [0.25, 0.3) is 0 Å². The molecule has 0 heterocycles. The number of methoxy groups -OCH3 is 2. The Bertz CT molecular complexity index is 470. The van der Waals surface area contributed by atoms with Crippen LogP contribution in [-0.2, 0) is 33.6 Å². The average Bonchev–Trinajstić information content (AvgIpc) is 2.75. The van der Waals surface area contributed by atoms with E-state index in [2.05, 4.69) is 27.1 Å². The van der Waals surface area contributed by atoms with Crippen molar-refractivity contribution in [2.75, 3.05) is 66.9 Å². The van der Waals surface area contributed by atoms with Crippen LogP contribution in [0, 0.1) is 0 Å². The maximum absolute atomic E-state index is 11.8. The zero-order chi connectivity index (χ0) is 23.2. The fraction of sp³-hybridized carbons (Fsp3) is 0.778. The Morgan fingerprint density at radius 3 is 2.32 bits per heavy atom. The number of nitrogens with zero attached hydrogens (tertiary/aromatic N) is 1. The van der Waals surface area contributed by atoms with Gasteiger partial charge in [0.2, 0.25) is 0 Å². The minimum atomic E-state index is -0.784. The number of alkyl carbamates (subject to hydrolysis) is 2. The predicted molar refractivity (Wildman–Crippen MR) is 107 cm³/mol. The van der Waals surface area contributed by atoms with Gasteiger partial charge in [-0.05, 0) is 24.5 Å². The van der Waals surface area contributed by atoms with Crippen molar-refractivity contribution in [1.82, 2.24) is 15.9 Å². The molecular weight excluding hydrogens is 418 g/mol. The smallest absolute Gasteiger partial charge is 0.407 e. The van der Waals surface area contributed by atoms with Gasteiger partial charge < -0.3 is 39.2 Å². The van der Waals surface area contributed by atoms with Gasteiger partial charge in [-0.2, -0.15) is 0 Å². The van der Waals surface area contributed by atoms with Crippen molar-refractivity contribution in [3.05, 3.63) is 12.8 Å². The number of nitrogens with one attached hydrogen (secondary N) is 2. The van der Waals surface area contributed by atoms with E-state index in [1.807, 2.05) is 0 Å². The van der Waals surface area contributed by atoms with Crippen molar-refractivity contribution in [1.29, 1.82) is 0 Å². The molecule has 0 aliphatic carbocycles. The molecule has 0 aromatic carbocycles. The van der Waals surface area contributed by atoms with Crippen LogP contribution in [0.3, 0.4) is 0 Å². The van der Waals surface area contributed by atoms with Crippen LogP contribution in [0.25, 0.3) is 0 Å². The Hall–Kier alpha value is -2.16. The second-order valence-electron chi connectivity index (χ2n) is 6.01. The van der Waals surface area contributed by atoms with Gasteiger partial charge in [0.15, 0.2) is 6.10 Å². The van der Waals surface area contributed by atoms with E-state index in [1.165, 1.54) is 14.2 Å². The van der Waals surface area contributed by atoms with Gasteiger partial charge in [-0.3, -0.25) is 5.21 Å². The molecule has 0 aromatic rings. The molecule has 0 fully saturated rings. The van der Waals surface area contributed by atoms with Gasteiger partial charge in [-0.1, -0.05) is 11.6 Å². The molecule has 0 spiro atoms. The molecule has 3 N–H and O–H groups in total. The molecule has 182 valence electrons. The number of unbranched alkanes of at least 4 members (excludes halogenated alkanes) is 2. The second kappa shape index (κ2) is 21.1. The van der Waals surface area contributed by atoms with E-state index in [4.69, 9.17) is 23.7 Å². The first-order valence-corrected chi connectivity index (χ1v) is 9.85. The first kappa shape index (κ1) is 28.8. The van der Waals surface area contributed by atoms with Crippen molar-refractivity contribution >= 4 is 12.2 Å². The van der Waals surface area contributed by atoms with Crippen LogP contribution in [0.5, 0.6) is 0 Å². The zero-order valence-corrected chi connectivity index (χ0v) is 18.2. The van der Waals surface area contributed by atoms with Gasteiger partial charge >= 0.3 is 12.2 Å². The van der Waals surface area contributed by atoms with Gasteiger partial charge in [-0.15, -0.1) is 0 Å². The van der Waals surface area contributed by atoms with E-state index in [0.717, 1.165) is 12.7 Å². The summed E-state index contributed by atoms with van der Waals surface area (Å²) in [5, 5.41) is 14.9. The van der Waals surface area contributed by atoms with E-state index in [0.29, 0.717) is 44.4 Å². The standard InChI is InChI=1S/C18H35N3O10/c1-4-29-31-21(24)10-6-5-7-11-27-14-16(30-18(23)20-9-13-26-3)15-28-17(22)19-8-12-25-2/h4,16,24H,1,5-15H2,2-3H3,(H,19,22)(H,20,23). The fourth-order valence-corrected chi connectivity index (χ4v) is 2.00. The number of ether oxygens (including phenoxy) is 5. The van der Waals surface area contributed by atoms with E-state index >= 15 is 0 Å². The highest BCUT2D eigenvalue weighted by Gasteiger charge is 2.17. The Balaban J connectivity index is 4.14. The molecule has 0 aliphatic heterocycles. The summed E-state index contributed by atoms with van der Waals surface area (Å²) in [4.78, 5) is 32.2. The lowest BCUT2D eigenvalue weighted by atomic mass is 10.2. The number of hydrogen-bond donors (Lipinski definition) is 3. The largest absolute Gasteiger partial charge is 0.446 e. The predicted octanol–water partition coefficient (Wildman–Crippen LogP) is 0.985. The maximum Gasteiger partial charge on any atom is 0.407 e. The van der Waals surface area contributed by atoms with Crippen LogP contribution in [0.1, 0.15) is 19.3 Å². The molecule has 0 bridgehead atoms. The minimum Gasteiger partial charge on any atom is -0.446 e. The highest BCUT2D eigenvalue weighted by atomic mass is 17.3. The summed E-state index contributed by atoms with van der Waals surface area (Å²) in [6.45, 7) is 5.05. The summed E-state index contributed by atoms with van der Waals surface area (Å²) in [5.41, 5.74) is 0. The van der Waals surface area contributed by atoms with Crippen molar-refractivity contribution in [3.63, 3.8) is 0 Å². The molecule has 1 unspecified atom stereocenters. The first-order valence-electron chi connectivity index (χ1n) is 9.85. The lowest BCUT2D eigenvalue weighted by Gasteiger charge is -2.18. The topological polar surface area (TPSA) is 146 Å². The van der Waals surface area contributed by atoms with Crippen LogP contribution in [0.4, 0.5) is 9.59 Å². The molecule has 0 aromatic heterocycles. The van der Waals surface area contributed by atoms with E-state index in [9.17, 15) is 14.8 Å². The summed E-state index contributed by atoms with van der Waals surface area (Å²) < 4.78 is 25.5. The monoisotopic (exact) mass is 453 g/mol. The molecule has 0 saturated heterocycles. The second-order valence-corrected chi connectivity index (χ2v) is 6.01. The SMILES string of the molecule is C=COON(O)CCCCCOCC(COC(=O)NCCOC)OC(=O)NCCOC. The quantitative estimate of drug-likeness (QED) is 0.105. The highest BCUT2D eigenvalue weighted by molar-refractivity contribution is 5.68. The lowest BCUT2D eigenvalue weighted by molar-refractivity contribution is -0.491. The number of carbonyl (C=O) groups excluding carboxylic acids is 2. The van der Waals surface area contributed by atoms with E-state index < -0.39 is 18.3 Å². The number of amides is 2. The average molecular weight is 453 g/mol. The molecule has 2 amide bonds. The fourth-order valence-electron chi connectivity index (χ4n) is 2.00. The molecular formula is C18H35N3O10. The van der Waals surface area contributed by atoms with Gasteiger partial charge in [0, 0.05) is 33.9 Å². The normalized spacial score (nSPS) is 11.6. The number of carbonyl (C=O) groups is 2. The molecule has 13 nitrogen and oxygen atoms in total. The van der Waals surface area contributed by atoms with Crippen molar-refractivity contribution in [2.24, 2.45) is 0 Å². The maximum atomic E-state index is 11.8. The molecule has 0 rings (SSSR count). The molecule has 31 heavy (non-hydrogen) atoms. The van der Waals surface area contributed by atoms with Crippen molar-refractivity contribution < 1.29 is 48.4 Å². The summed E-state index contributed by atoms with van der Waals surface area (Å²) >= 11 is 0. The molecule has 0 saturated carbocycles. The van der Waals surface area contributed by atoms with Gasteiger partial charge in [-0.25, -0.2) is 9.59 Å². The van der Waals surface area contributed by atoms with Crippen molar-refractivity contribution in [3.8, 4) is 0 Å². The van der Waals surface area contributed by atoms with E-state index in [-0.39, 0.29) is 26.3 Å². The number of rotatable bonds is 20. The van der Waals surface area contributed by atoms with Crippen LogP contribution in [0.15, 0.2) is 12.8 Å². The van der Waals surface area contributed by atoms with E-state index in [1.54, 1.807) is 0 Å². The third-order valence-electron chi connectivity index (χ3n) is 3.46. The summed E-state index contributed by atoms with van der Waals surface area (Å²) in [6.07, 6.45) is 1.01. The zero-order valence-electron chi connectivity index (χ0n) is 18.2. The van der Waals surface area contributed by atoms with Crippen LogP contribution in [0.2, 0.25) is 0 Å². The Morgan fingerprint density at radius 2 is 1.68 bits per heavy atom. The van der Waals surface area contributed by atoms with Gasteiger partial charge in [0.1, 0.15) is 12.9 Å². The summed E-state index contributed by atoms with van der Waals surface area (Å²) in [7, 11) is 3.03. The molecule has 13 heteroatoms. The Morgan fingerprint density at radius 1 is 1.00 bits per heavy atom. The third-order valence-corrected chi connectivity index (χ3v) is 3.46. The molecule has 0 radical (unpaired) electrons. The summed E-state index contributed by atoms with van der Waals surface area (Å²) in [6, 6.07) is 0. The molecule has 1 atom stereocenters. The third kappa shape index (κ3) is 19.5. The van der Waals surface area contributed by atoms with Crippen molar-refractivity contribution in [2.45, 2.75) is 25.4 Å². The highest BCUT2D eigenvalue weighted by Crippen LogP contribution is 2.02. The van der Waals surface area contributed by atoms with Crippen LogP contribution in [-0.4, -0.2) is 95.6 Å². The number of hydroxylamine groups is 2. The lowest BCUT2D eigenvalue weighted by Crippen LogP contribution is -2.37. The van der Waals surface area contributed by atoms with Crippen LogP contribution < -0.4 is 10.6 Å². The molecule has 0 aliphatic rings. The first-order chi connectivity index (χ1) is 15.0. The van der Waals surface area contributed by atoms with Gasteiger partial charge in [0.05, 0.1) is 26.4 Å². The Labute approximate surface area is 182 Å². The van der Waals surface area contributed by atoms with Crippen LogP contribution >= 0.6 is 0 Å². The minimum absolute atomic E-state index is 0.0471. The Kier molecular flexibility index (Phi) is 19.6. The number of hydrogen-bond acceptors (Lipinski definition) is 11. The summed E-state index contributed by atoms with van der Waals surface area (Å²) in [5.74, 6) is 0.